The number of ketones is 1. The quantitative estimate of drug-likeness (QED) is 0.722. The van der Waals surface area contributed by atoms with Gasteiger partial charge in [0.1, 0.15) is 5.01 Å². The predicted molar refractivity (Wildman–Crippen MR) is 99.5 cm³/mol. The van der Waals surface area contributed by atoms with Crippen LogP contribution in [0.1, 0.15) is 21.3 Å². The Kier molecular flexibility index (Phi) is 4.11. The summed E-state index contributed by atoms with van der Waals surface area (Å²) >= 11 is 1.35. The van der Waals surface area contributed by atoms with Gasteiger partial charge in [0.25, 0.3) is 0 Å². The molecular formula is C19H14N4O2S. The summed E-state index contributed by atoms with van der Waals surface area (Å²) in [4.78, 5) is 30.8. The molecular weight excluding hydrogens is 348 g/mol. The third-order valence-corrected chi connectivity index (χ3v) is 5.35. The Balaban J connectivity index is 1.67. The van der Waals surface area contributed by atoms with E-state index in [2.05, 4.69) is 16.4 Å². The smallest absolute Gasteiger partial charge is 0.321 e. The number of anilines is 1. The van der Waals surface area contributed by atoms with Crippen LogP contribution < -0.4 is 10.2 Å². The largest absolute Gasteiger partial charge is 0.336 e. The number of urea groups is 1. The fraction of sp³-hybridized carbons (Fsp3) is 0.158. The molecule has 0 unspecified atom stereocenters. The van der Waals surface area contributed by atoms with E-state index in [4.69, 9.17) is 0 Å². The molecule has 6 nitrogen and oxygen atoms in total. The lowest BCUT2D eigenvalue weighted by atomic mass is 9.99. The molecule has 1 aliphatic heterocycles. The van der Waals surface area contributed by atoms with Gasteiger partial charge in [-0.3, -0.25) is 9.69 Å². The zero-order valence-corrected chi connectivity index (χ0v) is 14.5. The average molecular weight is 362 g/mol. The van der Waals surface area contributed by atoms with Gasteiger partial charge < -0.3 is 5.32 Å². The molecule has 2 aromatic carbocycles. The van der Waals surface area contributed by atoms with Crippen molar-refractivity contribution in [3.05, 3.63) is 59.1 Å². The fourth-order valence-electron chi connectivity index (χ4n) is 2.95. The molecule has 3 aromatic rings. The van der Waals surface area contributed by atoms with Crippen LogP contribution in [-0.4, -0.2) is 29.9 Å². The normalized spacial score (nSPS) is 14.9. The van der Waals surface area contributed by atoms with E-state index in [0.717, 1.165) is 10.2 Å². The second-order valence-electron chi connectivity index (χ2n) is 5.88. The standard InChI is InChI=1S/C19H14N4O2S/c20-11-14(18-22-15-6-1-2-7-16(15)26-18)17(24)12-4-3-5-13(10-12)23-9-8-21-19(23)25/h1-7,10,14H,8-9H2,(H,21,25)/t14-/m1/s1. The van der Waals surface area contributed by atoms with Crippen LogP contribution in [0, 0.1) is 11.3 Å². The molecule has 0 bridgehead atoms. The molecule has 1 aromatic heterocycles. The fourth-order valence-corrected chi connectivity index (χ4v) is 3.96. The number of rotatable bonds is 4. The molecule has 2 amide bonds. The van der Waals surface area contributed by atoms with Gasteiger partial charge >= 0.3 is 6.03 Å². The monoisotopic (exact) mass is 362 g/mol. The van der Waals surface area contributed by atoms with E-state index in [1.54, 1.807) is 29.2 Å². The molecule has 0 saturated carbocycles. The molecule has 7 heteroatoms. The predicted octanol–water partition coefficient (Wildman–Crippen LogP) is 3.32. The topological polar surface area (TPSA) is 86.1 Å². The highest BCUT2D eigenvalue weighted by atomic mass is 32.1. The van der Waals surface area contributed by atoms with Crippen molar-refractivity contribution < 1.29 is 9.59 Å². The summed E-state index contributed by atoms with van der Waals surface area (Å²) < 4.78 is 0.943. The van der Waals surface area contributed by atoms with E-state index in [9.17, 15) is 14.9 Å². The Morgan fingerprint density at radius 1 is 1.27 bits per heavy atom. The number of aromatic nitrogens is 1. The zero-order valence-electron chi connectivity index (χ0n) is 13.7. The molecule has 4 rings (SSSR count). The van der Waals surface area contributed by atoms with E-state index >= 15 is 0 Å². The van der Waals surface area contributed by atoms with Crippen LogP contribution in [0.5, 0.6) is 0 Å². The van der Waals surface area contributed by atoms with E-state index in [1.807, 2.05) is 24.3 Å². The minimum absolute atomic E-state index is 0.183. The lowest BCUT2D eigenvalue weighted by molar-refractivity contribution is 0.0979. The molecule has 128 valence electrons. The number of nitrogens with zero attached hydrogens (tertiary/aromatic N) is 3. The number of carbonyl (C=O) groups excluding carboxylic acids is 2. The number of hydrogen-bond donors (Lipinski definition) is 1. The summed E-state index contributed by atoms with van der Waals surface area (Å²) in [6.07, 6.45) is 0. The number of benzene rings is 2. The Labute approximate surface area is 153 Å². The Morgan fingerprint density at radius 2 is 2.12 bits per heavy atom. The second kappa shape index (κ2) is 6.58. The van der Waals surface area contributed by atoms with Crippen LogP contribution in [0.3, 0.4) is 0 Å². The van der Waals surface area contributed by atoms with Gasteiger partial charge in [-0.1, -0.05) is 24.3 Å². The van der Waals surface area contributed by atoms with Crippen molar-refractivity contribution >= 4 is 39.1 Å². The van der Waals surface area contributed by atoms with Gasteiger partial charge in [-0.05, 0) is 24.3 Å². The van der Waals surface area contributed by atoms with Gasteiger partial charge in [0.2, 0.25) is 0 Å². The van der Waals surface area contributed by atoms with Crippen LogP contribution in [0.25, 0.3) is 10.2 Å². The minimum Gasteiger partial charge on any atom is -0.336 e. The Morgan fingerprint density at radius 3 is 2.85 bits per heavy atom. The third-order valence-electron chi connectivity index (χ3n) is 4.25. The highest BCUT2D eigenvalue weighted by molar-refractivity contribution is 7.18. The number of fused-ring (bicyclic) bond motifs is 1. The van der Waals surface area contributed by atoms with Gasteiger partial charge in [0, 0.05) is 24.3 Å². The maximum atomic E-state index is 12.9. The average Bonchev–Trinajstić information content (AvgIpc) is 3.28. The maximum Gasteiger partial charge on any atom is 0.321 e. The van der Waals surface area contributed by atoms with Crippen molar-refractivity contribution in [2.45, 2.75) is 5.92 Å². The summed E-state index contributed by atoms with van der Waals surface area (Å²) in [5.74, 6) is -1.27. The maximum absolute atomic E-state index is 12.9. The lowest BCUT2D eigenvalue weighted by Crippen LogP contribution is -2.27. The van der Waals surface area contributed by atoms with Crippen LogP contribution in [0.4, 0.5) is 10.5 Å². The van der Waals surface area contributed by atoms with Gasteiger partial charge in [-0.15, -0.1) is 11.3 Å². The van der Waals surface area contributed by atoms with Crippen molar-refractivity contribution in [1.82, 2.24) is 10.3 Å². The molecule has 1 N–H and O–H groups in total. The first kappa shape index (κ1) is 16.2. The number of nitriles is 1. The highest BCUT2D eigenvalue weighted by Gasteiger charge is 2.27. The summed E-state index contributed by atoms with van der Waals surface area (Å²) in [5, 5.41) is 12.8. The van der Waals surface area contributed by atoms with E-state index in [-0.39, 0.29) is 11.8 Å². The van der Waals surface area contributed by atoms with Crippen LogP contribution >= 0.6 is 11.3 Å². The van der Waals surface area contributed by atoms with Gasteiger partial charge in [0.15, 0.2) is 11.7 Å². The summed E-state index contributed by atoms with van der Waals surface area (Å²) in [5.41, 5.74) is 1.82. The van der Waals surface area contributed by atoms with Crippen LogP contribution in [0.2, 0.25) is 0 Å². The number of thiazole rings is 1. The molecule has 1 saturated heterocycles. The Hall–Kier alpha value is -3.24. The summed E-state index contributed by atoms with van der Waals surface area (Å²) in [7, 11) is 0. The molecule has 0 radical (unpaired) electrons. The van der Waals surface area contributed by atoms with E-state index in [1.165, 1.54) is 11.3 Å². The third kappa shape index (κ3) is 2.80. The van der Waals surface area contributed by atoms with Crippen molar-refractivity contribution in [2.75, 3.05) is 18.0 Å². The van der Waals surface area contributed by atoms with Crippen molar-refractivity contribution in [1.29, 1.82) is 5.26 Å². The SMILES string of the molecule is N#C[C@H](C(=O)c1cccc(N2CCNC2=O)c1)c1nc2ccccc2s1. The van der Waals surface area contributed by atoms with E-state index in [0.29, 0.717) is 29.3 Å². The summed E-state index contributed by atoms with van der Waals surface area (Å²) in [6.45, 7) is 1.12. The number of carbonyl (C=O) groups is 2. The number of amides is 2. The first-order valence-corrected chi connectivity index (χ1v) is 8.94. The molecule has 1 aliphatic rings. The number of hydrogen-bond acceptors (Lipinski definition) is 5. The zero-order chi connectivity index (χ0) is 18.1. The molecule has 0 spiro atoms. The lowest BCUT2D eigenvalue weighted by Gasteiger charge is -2.15. The molecule has 1 fully saturated rings. The second-order valence-corrected chi connectivity index (χ2v) is 6.94. The molecule has 1 atom stereocenters. The number of nitrogens with one attached hydrogen (secondary N) is 1. The van der Waals surface area contributed by atoms with Crippen molar-refractivity contribution in [2.24, 2.45) is 0 Å². The van der Waals surface area contributed by atoms with Gasteiger partial charge in [-0.25, -0.2) is 9.78 Å². The van der Waals surface area contributed by atoms with Crippen molar-refractivity contribution in [3.63, 3.8) is 0 Å². The first-order chi connectivity index (χ1) is 12.7. The van der Waals surface area contributed by atoms with E-state index < -0.39 is 5.92 Å². The molecule has 2 heterocycles. The van der Waals surface area contributed by atoms with Crippen LogP contribution in [-0.2, 0) is 0 Å². The van der Waals surface area contributed by atoms with Crippen LogP contribution in [0.15, 0.2) is 48.5 Å². The van der Waals surface area contributed by atoms with Crippen molar-refractivity contribution in [3.8, 4) is 6.07 Å². The van der Waals surface area contributed by atoms with Gasteiger partial charge in [0.05, 0.1) is 16.3 Å². The first-order valence-electron chi connectivity index (χ1n) is 8.12. The number of Topliss-reactive ketones (excluding diaryl/α,β-unsaturated/α-hetero) is 1. The molecule has 26 heavy (non-hydrogen) atoms. The Bertz CT molecular complexity index is 1020. The minimum atomic E-state index is -0.963. The summed E-state index contributed by atoms with van der Waals surface area (Å²) in [6, 6.07) is 16.3. The van der Waals surface area contributed by atoms with Gasteiger partial charge in [-0.2, -0.15) is 5.26 Å². The highest BCUT2D eigenvalue weighted by Crippen LogP contribution is 2.30. The number of para-hydroxylation sites is 1. The molecule has 0 aliphatic carbocycles.